The fourth-order valence-corrected chi connectivity index (χ4v) is 11.2. The van der Waals surface area contributed by atoms with Crippen molar-refractivity contribution < 1.29 is 22.7 Å². The third kappa shape index (κ3) is 7.47. The Bertz CT molecular complexity index is 2030. The van der Waals surface area contributed by atoms with Gasteiger partial charge in [0.15, 0.2) is 0 Å². The van der Waals surface area contributed by atoms with E-state index in [4.69, 9.17) is 21.1 Å². The molecule has 294 valence electrons. The van der Waals surface area contributed by atoms with E-state index < -0.39 is 26.8 Å². The minimum absolute atomic E-state index is 0.223. The molecule has 1 saturated heterocycles. The number of halogens is 1. The second kappa shape index (κ2) is 15.3. The van der Waals surface area contributed by atoms with Gasteiger partial charge in [0, 0.05) is 81.3 Å². The summed E-state index contributed by atoms with van der Waals surface area (Å²) in [5.74, 6) is 1.13. The zero-order valence-electron chi connectivity index (χ0n) is 32.1. The Hall–Kier alpha value is -3.71. The molecule has 1 N–H and O–H groups in total. The van der Waals surface area contributed by atoms with E-state index in [-0.39, 0.29) is 17.3 Å². The number of aryl methyl sites for hydroxylation is 1. The normalized spacial score (nSPS) is 31.6. The van der Waals surface area contributed by atoms with E-state index in [0.717, 1.165) is 88.0 Å². The quantitative estimate of drug-likeness (QED) is 0.322. The third-order valence-corrected chi connectivity index (χ3v) is 15.4. The number of sulfonamides is 1. The summed E-state index contributed by atoms with van der Waals surface area (Å²) in [4.78, 5) is 29.8. The lowest BCUT2D eigenvalue weighted by atomic mass is 9.63. The van der Waals surface area contributed by atoms with Crippen molar-refractivity contribution in [3.05, 3.63) is 88.7 Å². The van der Waals surface area contributed by atoms with E-state index in [1.807, 2.05) is 38.3 Å². The monoisotopic (exact) mass is 788 g/mol. The summed E-state index contributed by atoms with van der Waals surface area (Å²) in [6, 6.07) is 13.5. The van der Waals surface area contributed by atoms with Crippen LogP contribution in [0.25, 0.3) is 0 Å². The van der Waals surface area contributed by atoms with E-state index in [2.05, 4.69) is 53.7 Å². The molecule has 13 heteroatoms. The van der Waals surface area contributed by atoms with Crippen LogP contribution in [0, 0.1) is 17.8 Å². The Kier molecular flexibility index (Phi) is 10.6. The van der Waals surface area contributed by atoms with E-state index in [1.165, 1.54) is 11.1 Å². The number of anilines is 2. The van der Waals surface area contributed by atoms with E-state index in [9.17, 15) is 13.2 Å². The van der Waals surface area contributed by atoms with Gasteiger partial charge in [-0.3, -0.25) is 9.69 Å². The van der Waals surface area contributed by atoms with Gasteiger partial charge < -0.3 is 19.3 Å². The van der Waals surface area contributed by atoms with Gasteiger partial charge in [-0.2, -0.15) is 0 Å². The molecule has 0 radical (unpaired) electrons. The number of amides is 1. The number of carbonyl (C=O) groups is 1. The van der Waals surface area contributed by atoms with Crippen molar-refractivity contribution in [3.8, 4) is 5.75 Å². The first-order valence-electron chi connectivity index (χ1n) is 19.8. The van der Waals surface area contributed by atoms with Gasteiger partial charge in [-0.1, -0.05) is 36.7 Å². The van der Waals surface area contributed by atoms with Gasteiger partial charge in [0.2, 0.25) is 16.0 Å². The molecule has 2 aromatic carbocycles. The van der Waals surface area contributed by atoms with Crippen molar-refractivity contribution in [1.29, 1.82) is 0 Å². The summed E-state index contributed by atoms with van der Waals surface area (Å²) >= 11 is 6.51. The lowest BCUT2D eigenvalue weighted by Crippen LogP contribution is -2.59. The fourth-order valence-electron chi connectivity index (χ4n) is 9.72. The molecule has 0 unspecified atom stereocenters. The molecule has 1 aromatic heterocycles. The second-order valence-electron chi connectivity index (χ2n) is 16.5. The molecule has 3 aromatic rings. The highest BCUT2D eigenvalue weighted by Crippen LogP contribution is 2.49. The highest BCUT2D eigenvalue weighted by atomic mass is 35.5. The summed E-state index contributed by atoms with van der Waals surface area (Å²) < 4.78 is 43.1. The maximum Gasteiger partial charge on any atom is 0.264 e. The van der Waals surface area contributed by atoms with Crippen molar-refractivity contribution >= 4 is 39.2 Å². The summed E-state index contributed by atoms with van der Waals surface area (Å²) in [6.45, 7) is 9.64. The van der Waals surface area contributed by atoms with Crippen LogP contribution < -0.4 is 19.3 Å². The van der Waals surface area contributed by atoms with Crippen LogP contribution >= 0.6 is 11.6 Å². The molecule has 8 rings (SSSR count). The number of hydrogen-bond donors (Lipinski definition) is 1. The number of methoxy groups -OCH3 is 1. The Morgan fingerprint density at radius 2 is 1.84 bits per heavy atom. The molecule has 6 atom stereocenters. The minimum Gasteiger partial charge on any atom is -0.490 e. The molecule has 2 fully saturated rings. The number of allylic oxidation sites excluding steroid dienone is 1. The maximum atomic E-state index is 13.7. The Balaban J connectivity index is 1.16. The summed E-state index contributed by atoms with van der Waals surface area (Å²) in [5.41, 5.74) is 2.79. The Labute approximate surface area is 330 Å². The van der Waals surface area contributed by atoms with E-state index >= 15 is 0 Å². The first-order valence-corrected chi connectivity index (χ1v) is 21.8. The number of piperazine rings is 1. The van der Waals surface area contributed by atoms with E-state index in [0.29, 0.717) is 36.8 Å². The first kappa shape index (κ1) is 38.2. The highest BCUT2D eigenvalue weighted by Gasteiger charge is 2.50. The summed E-state index contributed by atoms with van der Waals surface area (Å²) in [6.07, 6.45) is 13.5. The largest absolute Gasteiger partial charge is 0.490 e. The molecule has 55 heavy (non-hydrogen) atoms. The van der Waals surface area contributed by atoms with Crippen LogP contribution in [0.1, 0.15) is 67.4 Å². The molecular formula is C42H53ClN6O5S. The highest BCUT2D eigenvalue weighted by molar-refractivity contribution is 7.90. The molecule has 1 saturated carbocycles. The van der Waals surface area contributed by atoms with Crippen molar-refractivity contribution in [2.45, 2.75) is 68.6 Å². The molecule has 11 nitrogen and oxygen atoms in total. The summed E-state index contributed by atoms with van der Waals surface area (Å²) in [7, 11) is -2.14. The van der Waals surface area contributed by atoms with Gasteiger partial charge in [0.1, 0.15) is 11.4 Å². The number of hydrogen-bond acceptors (Lipinski definition) is 10. The number of rotatable bonds is 4. The van der Waals surface area contributed by atoms with Gasteiger partial charge >= 0.3 is 0 Å². The average molecular weight is 789 g/mol. The van der Waals surface area contributed by atoms with Crippen LogP contribution in [0.4, 0.5) is 11.6 Å². The smallest absolute Gasteiger partial charge is 0.264 e. The molecule has 1 spiro atoms. The van der Waals surface area contributed by atoms with Gasteiger partial charge in [-0.25, -0.2) is 23.1 Å². The van der Waals surface area contributed by atoms with E-state index in [1.54, 1.807) is 25.4 Å². The van der Waals surface area contributed by atoms with Crippen molar-refractivity contribution in [2.24, 2.45) is 17.8 Å². The van der Waals surface area contributed by atoms with Crippen molar-refractivity contribution in [2.75, 3.05) is 69.3 Å². The van der Waals surface area contributed by atoms with Gasteiger partial charge in [-0.05, 0) is 111 Å². The third-order valence-electron chi connectivity index (χ3n) is 13.3. The predicted molar refractivity (Wildman–Crippen MR) is 216 cm³/mol. The molecule has 4 heterocycles. The predicted octanol–water partition coefficient (Wildman–Crippen LogP) is 5.88. The summed E-state index contributed by atoms with van der Waals surface area (Å²) in [5, 5.41) is -0.0554. The number of carbonyl (C=O) groups excluding carboxylic acids is 1. The number of nitrogens with zero attached hydrogens (tertiary/aromatic N) is 5. The molecule has 5 aliphatic rings. The number of aromatic nitrogens is 2. The number of benzene rings is 2. The van der Waals surface area contributed by atoms with Crippen LogP contribution in [0.2, 0.25) is 5.02 Å². The number of nitrogens with one attached hydrogen (secondary N) is 1. The van der Waals surface area contributed by atoms with Crippen LogP contribution in [-0.4, -0.2) is 99.6 Å². The van der Waals surface area contributed by atoms with Crippen LogP contribution in [0.15, 0.2) is 67.0 Å². The zero-order chi connectivity index (χ0) is 38.4. The number of fused-ring (bicyclic) bond motifs is 4. The lowest BCUT2D eigenvalue weighted by Gasteiger charge is -2.52. The number of ether oxygens (including phenoxy) is 2. The minimum atomic E-state index is -3.97. The van der Waals surface area contributed by atoms with Crippen LogP contribution in [0.3, 0.4) is 0 Å². The molecule has 3 aliphatic heterocycles. The van der Waals surface area contributed by atoms with Crippen LogP contribution in [0.5, 0.6) is 5.75 Å². The van der Waals surface area contributed by atoms with Gasteiger partial charge in [-0.15, -0.1) is 0 Å². The molecule has 2 bridgehead atoms. The topological polar surface area (TPSA) is 117 Å². The van der Waals surface area contributed by atoms with Crippen molar-refractivity contribution in [1.82, 2.24) is 19.6 Å². The maximum absolute atomic E-state index is 13.7. The molecular weight excluding hydrogens is 736 g/mol. The van der Waals surface area contributed by atoms with Gasteiger partial charge in [0.05, 0.1) is 17.5 Å². The zero-order valence-corrected chi connectivity index (χ0v) is 33.7. The van der Waals surface area contributed by atoms with Crippen molar-refractivity contribution in [3.63, 3.8) is 0 Å². The lowest BCUT2D eigenvalue weighted by molar-refractivity contribution is -0.0920. The SMILES string of the molecule is CO[C@@]1(CN2CCN(c3ncccn3)CC2)/C=C/C[C@H](C)[C@@H](C)S(=O)(=O)NC(=O)c2ccc3c(c2)N(C[C@@H]2CC[C@H]21)C[C@@]1(CCCc2cc(Cl)ccc21)CO3. The van der Waals surface area contributed by atoms with Crippen LogP contribution in [-0.2, 0) is 26.6 Å². The van der Waals surface area contributed by atoms with Gasteiger partial charge in [0.25, 0.3) is 5.91 Å². The Morgan fingerprint density at radius 1 is 1.04 bits per heavy atom. The standard InChI is InChI=1S/C42H53ClN6O5S/c1-29-7-4-16-42(53-3,27-47-19-21-48(22-20-47)40-44-17-6-18-45-40)36-12-9-33(36)25-49-26-41(15-5-8-31-23-34(43)11-13-35(31)41)28-54-38-14-10-32(24-37(38)49)39(50)46-55(51,52)30(29)2/h4,6,10-11,13-14,16-18,23-24,29-30,33,36H,5,7-9,12,15,19-22,25-28H2,1-3H3,(H,46,50)/b16-4+/t29-,30+,33-,36+,41-,42+/m0/s1. The fraction of sp³-hybridized carbons (Fsp3) is 0.548. The molecule has 2 aliphatic carbocycles. The average Bonchev–Trinajstić information content (AvgIpc) is 3.32. The first-order chi connectivity index (χ1) is 26.5. The second-order valence-corrected chi connectivity index (χ2v) is 19.0. The molecule has 1 amide bonds. The Morgan fingerprint density at radius 3 is 2.58 bits per heavy atom.